The molecule has 26 heavy (non-hydrogen) atoms. The number of nitro groups is 1. The van der Waals surface area contributed by atoms with Crippen molar-refractivity contribution in [2.45, 2.75) is 18.9 Å². The molecule has 0 aromatic heterocycles. The first-order valence-electron chi connectivity index (χ1n) is 7.27. The van der Waals surface area contributed by atoms with E-state index in [2.05, 4.69) is 20.5 Å². The molecule has 1 heterocycles. The van der Waals surface area contributed by atoms with Gasteiger partial charge in [-0.05, 0) is 18.6 Å². The first kappa shape index (κ1) is 19.2. The molecule has 11 nitrogen and oxygen atoms in total. The van der Waals surface area contributed by atoms with Crippen molar-refractivity contribution in [3.63, 3.8) is 0 Å². The third-order valence-electron chi connectivity index (χ3n) is 3.10. The van der Waals surface area contributed by atoms with Crippen LogP contribution in [0.5, 0.6) is 0 Å². The van der Waals surface area contributed by atoms with Crippen molar-refractivity contribution in [2.75, 3.05) is 11.1 Å². The van der Waals surface area contributed by atoms with Gasteiger partial charge in [0.15, 0.2) is 6.04 Å². The van der Waals surface area contributed by atoms with E-state index in [9.17, 15) is 24.5 Å². The van der Waals surface area contributed by atoms with Gasteiger partial charge in [0.1, 0.15) is 0 Å². The number of aliphatic carboxylic acids is 1. The van der Waals surface area contributed by atoms with Gasteiger partial charge >= 0.3 is 5.97 Å². The van der Waals surface area contributed by atoms with Gasteiger partial charge in [-0.1, -0.05) is 11.8 Å². The molecule has 0 radical (unpaired) electrons. The lowest BCUT2D eigenvalue weighted by atomic mass is 10.1. The lowest BCUT2D eigenvalue weighted by Crippen LogP contribution is -2.22. The minimum Gasteiger partial charge on any atom is -0.481 e. The Morgan fingerprint density at radius 2 is 2.00 bits per heavy atom. The number of aliphatic imine (C=N–C) groups is 1. The number of amides is 2. The van der Waals surface area contributed by atoms with Crippen LogP contribution >= 0.6 is 11.8 Å². The molecule has 12 heteroatoms. The van der Waals surface area contributed by atoms with Crippen molar-refractivity contribution < 1.29 is 24.4 Å². The van der Waals surface area contributed by atoms with Crippen LogP contribution in [0.1, 0.15) is 12.8 Å². The van der Waals surface area contributed by atoms with E-state index in [0.29, 0.717) is 5.69 Å². The lowest BCUT2D eigenvalue weighted by Gasteiger charge is -2.11. The maximum atomic E-state index is 11.9. The Balaban J connectivity index is 1.81. The Morgan fingerprint density at radius 1 is 1.31 bits per heavy atom. The Bertz CT molecular complexity index is 792. The summed E-state index contributed by atoms with van der Waals surface area (Å²) in [6, 6.07) is 4.41. The number of carboxylic acid groups (broad SMARTS) is 1. The first-order chi connectivity index (χ1) is 12.3. The molecular weight excluding hydrogens is 366 g/mol. The quantitative estimate of drug-likeness (QED) is 0.539. The molecule has 1 aliphatic rings. The number of carbonyl (C=O) groups excluding carboxylic acids is 2. The predicted octanol–water partition coefficient (Wildman–Crippen LogP) is 1.85. The van der Waals surface area contributed by atoms with Crippen molar-refractivity contribution in [3.8, 4) is 0 Å². The van der Waals surface area contributed by atoms with E-state index in [-0.39, 0.29) is 29.4 Å². The zero-order valence-electron chi connectivity index (χ0n) is 13.2. The Hall–Kier alpha value is -3.15. The van der Waals surface area contributed by atoms with Gasteiger partial charge < -0.3 is 10.4 Å². The van der Waals surface area contributed by atoms with Crippen LogP contribution in [-0.4, -0.2) is 44.8 Å². The normalized spacial score (nSPS) is 16.1. The molecule has 1 aliphatic heterocycles. The number of azo groups is 1. The molecule has 1 atom stereocenters. The van der Waals surface area contributed by atoms with Gasteiger partial charge in [0.05, 0.1) is 10.7 Å². The molecule has 136 valence electrons. The van der Waals surface area contributed by atoms with Gasteiger partial charge in [-0.25, -0.2) is 0 Å². The zero-order chi connectivity index (χ0) is 19.1. The Morgan fingerprint density at radius 3 is 2.58 bits per heavy atom. The average Bonchev–Trinajstić information content (AvgIpc) is 2.59. The van der Waals surface area contributed by atoms with Gasteiger partial charge in [-0.3, -0.25) is 24.5 Å². The summed E-state index contributed by atoms with van der Waals surface area (Å²) >= 11 is 0.895. The van der Waals surface area contributed by atoms with Crippen LogP contribution in [0.25, 0.3) is 0 Å². The minimum atomic E-state index is -1.04. The number of hydrogen-bond acceptors (Lipinski definition) is 8. The molecule has 1 aromatic carbocycles. The maximum Gasteiger partial charge on any atom is 0.303 e. The van der Waals surface area contributed by atoms with E-state index in [1.165, 1.54) is 24.3 Å². The lowest BCUT2D eigenvalue weighted by molar-refractivity contribution is -0.384. The summed E-state index contributed by atoms with van der Waals surface area (Å²) in [7, 11) is 0. The summed E-state index contributed by atoms with van der Waals surface area (Å²) in [5.41, 5.74) is 0.295. The molecule has 2 N–H and O–H groups in total. The molecule has 0 saturated carbocycles. The number of thioether (sulfide) groups is 1. The van der Waals surface area contributed by atoms with Crippen LogP contribution in [0.3, 0.4) is 0 Å². The van der Waals surface area contributed by atoms with Gasteiger partial charge in [0.25, 0.3) is 11.6 Å². The highest BCUT2D eigenvalue weighted by Gasteiger charge is 2.23. The molecule has 2 rings (SSSR count). The summed E-state index contributed by atoms with van der Waals surface area (Å²) in [4.78, 5) is 47.8. The van der Waals surface area contributed by atoms with Crippen molar-refractivity contribution in [2.24, 2.45) is 15.2 Å². The highest BCUT2D eigenvalue weighted by Crippen LogP contribution is 2.18. The number of nitrogens with zero attached hydrogens (tertiary/aromatic N) is 4. The van der Waals surface area contributed by atoms with Gasteiger partial charge in [0.2, 0.25) is 11.1 Å². The van der Waals surface area contributed by atoms with Crippen molar-refractivity contribution in [1.82, 2.24) is 0 Å². The topological polar surface area (TPSA) is 164 Å². The fourth-order valence-electron chi connectivity index (χ4n) is 1.86. The van der Waals surface area contributed by atoms with E-state index >= 15 is 0 Å². The Labute approximate surface area is 150 Å². The standard InChI is InChI=1S/C14H13N5O6S/c20-11(15-8-1-3-9(4-2-8)19(24)25)7-26-14-16-13(23)10(17-18-14)5-6-12(21)22/h1-4,10H,5-7H2,(H,15,20)(H,21,22). The molecule has 1 unspecified atom stereocenters. The highest BCUT2D eigenvalue weighted by atomic mass is 32.2. The summed E-state index contributed by atoms with van der Waals surface area (Å²) in [5, 5.41) is 29.1. The molecule has 0 fully saturated rings. The molecule has 0 bridgehead atoms. The third-order valence-corrected chi connectivity index (χ3v) is 3.94. The second kappa shape index (κ2) is 8.80. The summed E-state index contributed by atoms with van der Waals surface area (Å²) in [6.07, 6.45) is -0.204. The van der Waals surface area contributed by atoms with E-state index < -0.39 is 28.7 Å². The van der Waals surface area contributed by atoms with Crippen LogP contribution in [0.15, 0.2) is 39.5 Å². The fraction of sp³-hybridized carbons (Fsp3) is 0.286. The van der Waals surface area contributed by atoms with Crippen LogP contribution in [0.4, 0.5) is 11.4 Å². The zero-order valence-corrected chi connectivity index (χ0v) is 14.0. The second-order valence-corrected chi connectivity index (χ2v) is 5.98. The average molecular weight is 379 g/mol. The van der Waals surface area contributed by atoms with E-state index in [4.69, 9.17) is 5.11 Å². The summed E-state index contributed by atoms with van der Waals surface area (Å²) in [6.45, 7) is 0. The van der Waals surface area contributed by atoms with E-state index in [0.717, 1.165) is 11.8 Å². The minimum absolute atomic E-state index is 0.0136. The van der Waals surface area contributed by atoms with Crippen molar-refractivity contribution in [3.05, 3.63) is 34.4 Å². The number of benzene rings is 1. The van der Waals surface area contributed by atoms with Gasteiger partial charge in [0, 0.05) is 24.2 Å². The molecule has 2 amide bonds. The van der Waals surface area contributed by atoms with E-state index in [1.807, 2.05) is 0 Å². The van der Waals surface area contributed by atoms with Gasteiger partial charge in [-0.15, -0.1) is 5.11 Å². The van der Waals surface area contributed by atoms with Crippen LogP contribution in [-0.2, 0) is 14.4 Å². The second-order valence-electron chi connectivity index (χ2n) is 5.04. The molecule has 0 saturated heterocycles. The summed E-state index contributed by atoms with van der Waals surface area (Å²) in [5.74, 6) is -2.15. The number of carboxylic acids is 1. The number of nitro benzene ring substituents is 1. The largest absolute Gasteiger partial charge is 0.481 e. The third kappa shape index (κ3) is 5.73. The van der Waals surface area contributed by atoms with Gasteiger partial charge in [-0.2, -0.15) is 10.1 Å². The molecule has 0 aliphatic carbocycles. The maximum absolute atomic E-state index is 11.9. The number of non-ortho nitro benzene ring substituents is 1. The monoisotopic (exact) mass is 379 g/mol. The molecular formula is C14H13N5O6S. The van der Waals surface area contributed by atoms with Crippen LogP contribution in [0, 0.1) is 10.1 Å². The number of anilines is 1. The van der Waals surface area contributed by atoms with E-state index in [1.54, 1.807) is 0 Å². The number of hydrogen-bond donors (Lipinski definition) is 2. The smallest absolute Gasteiger partial charge is 0.303 e. The molecule has 0 spiro atoms. The number of amidine groups is 1. The van der Waals surface area contributed by atoms with Crippen molar-refractivity contribution in [1.29, 1.82) is 0 Å². The van der Waals surface area contributed by atoms with Crippen LogP contribution < -0.4 is 5.32 Å². The first-order valence-corrected chi connectivity index (χ1v) is 8.26. The Kier molecular flexibility index (Phi) is 6.49. The highest BCUT2D eigenvalue weighted by molar-refractivity contribution is 8.14. The van der Waals surface area contributed by atoms with Crippen LogP contribution in [0.2, 0.25) is 0 Å². The SMILES string of the molecule is O=C(O)CCC1N=NC(SCC(=O)Nc2ccc([N+](=O)[O-])cc2)=NC1=O. The predicted molar refractivity (Wildman–Crippen MR) is 92.1 cm³/mol. The fourth-order valence-corrected chi connectivity index (χ4v) is 2.45. The number of nitrogens with one attached hydrogen (secondary N) is 1. The molecule has 1 aromatic rings. The summed E-state index contributed by atoms with van der Waals surface area (Å²) < 4.78 is 0. The number of carbonyl (C=O) groups is 3. The number of rotatable bonds is 7. The van der Waals surface area contributed by atoms with Crippen molar-refractivity contribution >= 4 is 46.1 Å².